The van der Waals surface area contributed by atoms with Crippen LogP contribution in [0.15, 0.2) is 0 Å². The molecule has 0 heterocycles. The van der Waals surface area contributed by atoms with Crippen LogP contribution in [0, 0.1) is 5.92 Å². The molecule has 0 saturated heterocycles. The Kier molecular flexibility index (Phi) is 2.17. The van der Waals surface area contributed by atoms with Crippen molar-refractivity contribution in [3.8, 4) is 0 Å². The fourth-order valence-corrected chi connectivity index (χ4v) is 1.96. The lowest BCUT2D eigenvalue weighted by molar-refractivity contribution is 0.285. The molecule has 0 radical (unpaired) electrons. The zero-order valence-corrected chi connectivity index (χ0v) is 7.47. The van der Waals surface area contributed by atoms with E-state index < -0.39 is 0 Å². The second-order valence-electron chi connectivity index (χ2n) is 4.15. The van der Waals surface area contributed by atoms with Crippen LogP contribution in [0.2, 0.25) is 0 Å². The van der Waals surface area contributed by atoms with Crippen LogP contribution in [0.4, 0.5) is 0 Å². The van der Waals surface area contributed by atoms with Gasteiger partial charge in [-0.2, -0.15) is 0 Å². The summed E-state index contributed by atoms with van der Waals surface area (Å²) in [4.78, 5) is 0. The number of rotatable bonds is 4. The standard InChI is InChI=1S/C10H19N/c1-2-10(8-6-7-8)11-9-4-3-5-9/h8-11H,2-7H2,1H3. The summed E-state index contributed by atoms with van der Waals surface area (Å²) in [5.74, 6) is 1.04. The maximum Gasteiger partial charge on any atom is 0.00952 e. The first-order valence-electron chi connectivity index (χ1n) is 5.16. The van der Waals surface area contributed by atoms with Crippen molar-refractivity contribution in [1.82, 2.24) is 5.32 Å². The highest BCUT2D eigenvalue weighted by Gasteiger charge is 2.32. The molecule has 2 saturated carbocycles. The molecule has 1 nitrogen and oxygen atoms in total. The van der Waals surface area contributed by atoms with E-state index in [2.05, 4.69) is 12.2 Å². The second-order valence-corrected chi connectivity index (χ2v) is 4.15. The molecular formula is C10H19N. The number of nitrogens with one attached hydrogen (secondary N) is 1. The zero-order valence-electron chi connectivity index (χ0n) is 7.47. The Bertz CT molecular complexity index is 125. The summed E-state index contributed by atoms with van der Waals surface area (Å²) in [5, 5.41) is 3.77. The van der Waals surface area contributed by atoms with Gasteiger partial charge in [-0.1, -0.05) is 13.3 Å². The molecule has 0 aromatic rings. The van der Waals surface area contributed by atoms with E-state index in [0.29, 0.717) is 0 Å². The van der Waals surface area contributed by atoms with Crippen molar-refractivity contribution >= 4 is 0 Å². The predicted octanol–water partition coefficient (Wildman–Crippen LogP) is 2.32. The normalized spacial score (nSPS) is 28.1. The van der Waals surface area contributed by atoms with Crippen molar-refractivity contribution in [2.45, 2.75) is 57.5 Å². The summed E-state index contributed by atoms with van der Waals surface area (Å²) < 4.78 is 0. The third-order valence-electron chi connectivity index (χ3n) is 3.19. The quantitative estimate of drug-likeness (QED) is 0.653. The molecule has 2 aliphatic carbocycles. The van der Waals surface area contributed by atoms with Gasteiger partial charge in [-0.05, 0) is 38.0 Å². The Hall–Kier alpha value is -0.0400. The molecule has 2 aliphatic rings. The van der Waals surface area contributed by atoms with Crippen LogP contribution in [0.25, 0.3) is 0 Å². The van der Waals surface area contributed by atoms with Crippen molar-refractivity contribution < 1.29 is 0 Å². The van der Waals surface area contributed by atoms with E-state index in [1.54, 1.807) is 0 Å². The van der Waals surface area contributed by atoms with E-state index in [1.165, 1.54) is 38.5 Å². The molecule has 0 bridgehead atoms. The Labute approximate surface area is 69.6 Å². The molecule has 11 heavy (non-hydrogen) atoms. The average Bonchev–Trinajstić information content (AvgIpc) is 2.68. The molecule has 2 fully saturated rings. The molecule has 0 amide bonds. The topological polar surface area (TPSA) is 12.0 Å². The monoisotopic (exact) mass is 153 g/mol. The predicted molar refractivity (Wildman–Crippen MR) is 47.6 cm³/mol. The van der Waals surface area contributed by atoms with Crippen LogP contribution in [-0.4, -0.2) is 12.1 Å². The highest BCUT2D eigenvalue weighted by atomic mass is 15.0. The van der Waals surface area contributed by atoms with Gasteiger partial charge in [-0.15, -0.1) is 0 Å². The van der Waals surface area contributed by atoms with Gasteiger partial charge in [-0.3, -0.25) is 0 Å². The molecular weight excluding hydrogens is 134 g/mol. The summed E-state index contributed by atoms with van der Waals surface area (Å²) in [6.45, 7) is 2.31. The SMILES string of the molecule is CCC(NC1CCC1)C1CC1. The van der Waals surface area contributed by atoms with Gasteiger partial charge in [-0.25, -0.2) is 0 Å². The third-order valence-corrected chi connectivity index (χ3v) is 3.19. The second kappa shape index (κ2) is 3.14. The molecule has 0 aromatic heterocycles. The Morgan fingerprint density at radius 2 is 2.00 bits per heavy atom. The first kappa shape index (κ1) is 7.60. The minimum atomic E-state index is 0.861. The third kappa shape index (κ3) is 1.76. The lowest BCUT2D eigenvalue weighted by Gasteiger charge is -2.31. The maximum absolute atomic E-state index is 3.77. The minimum absolute atomic E-state index is 0.861. The largest absolute Gasteiger partial charge is 0.311 e. The number of hydrogen-bond acceptors (Lipinski definition) is 1. The van der Waals surface area contributed by atoms with Crippen molar-refractivity contribution in [3.05, 3.63) is 0 Å². The van der Waals surface area contributed by atoms with E-state index in [1.807, 2.05) is 0 Å². The smallest absolute Gasteiger partial charge is 0.00952 e. The molecule has 0 aromatic carbocycles. The van der Waals surface area contributed by atoms with Gasteiger partial charge >= 0.3 is 0 Å². The highest BCUT2D eigenvalue weighted by molar-refractivity contribution is 4.89. The summed E-state index contributed by atoms with van der Waals surface area (Å²) in [7, 11) is 0. The summed E-state index contributed by atoms with van der Waals surface area (Å²) in [5.41, 5.74) is 0. The van der Waals surface area contributed by atoms with Crippen LogP contribution in [0.1, 0.15) is 45.4 Å². The highest BCUT2D eigenvalue weighted by Crippen LogP contribution is 2.35. The molecule has 1 N–H and O–H groups in total. The molecule has 0 aliphatic heterocycles. The van der Waals surface area contributed by atoms with Gasteiger partial charge in [0.05, 0.1) is 0 Å². The lowest BCUT2D eigenvalue weighted by Crippen LogP contribution is -2.43. The van der Waals surface area contributed by atoms with Gasteiger partial charge in [0.2, 0.25) is 0 Å². The van der Waals surface area contributed by atoms with Crippen LogP contribution in [0.5, 0.6) is 0 Å². The van der Waals surface area contributed by atoms with Gasteiger partial charge in [0, 0.05) is 12.1 Å². The maximum atomic E-state index is 3.77. The van der Waals surface area contributed by atoms with E-state index in [0.717, 1.165) is 18.0 Å². The Balaban J connectivity index is 1.71. The van der Waals surface area contributed by atoms with Gasteiger partial charge in [0.15, 0.2) is 0 Å². The summed E-state index contributed by atoms with van der Waals surface area (Å²) in [6, 6.07) is 1.75. The lowest BCUT2D eigenvalue weighted by atomic mass is 9.91. The van der Waals surface area contributed by atoms with Crippen molar-refractivity contribution in [2.75, 3.05) is 0 Å². The molecule has 1 heteroatoms. The molecule has 1 unspecified atom stereocenters. The molecule has 1 atom stereocenters. The van der Waals surface area contributed by atoms with E-state index in [-0.39, 0.29) is 0 Å². The van der Waals surface area contributed by atoms with Crippen molar-refractivity contribution in [2.24, 2.45) is 5.92 Å². The fourth-order valence-electron chi connectivity index (χ4n) is 1.96. The van der Waals surface area contributed by atoms with Crippen molar-refractivity contribution in [1.29, 1.82) is 0 Å². The van der Waals surface area contributed by atoms with E-state index in [9.17, 15) is 0 Å². The van der Waals surface area contributed by atoms with Crippen LogP contribution >= 0.6 is 0 Å². The Morgan fingerprint density at radius 3 is 2.36 bits per heavy atom. The van der Waals surface area contributed by atoms with Gasteiger partial charge < -0.3 is 5.32 Å². The molecule has 64 valence electrons. The number of hydrogen-bond donors (Lipinski definition) is 1. The van der Waals surface area contributed by atoms with Crippen LogP contribution in [-0.2, 0) is 0 Å². The average molecular weight is 153 g/mol. The van der Waals surface area contributed by atoms with E-state index >= 15 is 0 Å². The first-order valence-corrected chi connectivity index (χ1v) is 5.16. The summed E-state index contributed by atoms with van der Waals surface area (Å²) >= 11 is 0. The zero-order chi connectivity index (χ0) is 7.68. The van der Waals surface area contributed by atoms with Gasteiger partial charge in [0.1, 0.15) is 0 Å². The van der Waals surface area contributed by atoms with Gasteiger partial charge in [0.25, 0.3) is 0 Å². The minimum Gasteiger partial charge on any atom is -0.311 e. The van der Waals surface area contributed by atoms with Crippen molar-refractivity contribution in [3.63, 3.8) is 0 Å². The molecule has 2 rings (SSSR count). The fraction of sp³-hybridized carbons (Fsp3) is 1.00. The molecule has 0 spiro atoms. The van der Waals surface area contributed by atoms with Crippen LogP contribution in [0.3, 0.4) is 0 Å². The summed E-state index contributed by atoms with van der Waals surface area (Å²) in [6.07, 6.45) is 8.63. The first-order chi connectivity index (χ1) is 5.40. The van der Waals surface area contributed by atoms with E-state index in [4.69, 9.17) is 0 Å². The Morgan fingerprint density at radius 1 is 1.27 bits per heavy atom. The van der Waals surface area contributed by atoms with Crippen LogP contribution < -0.4 is 5.32 Å².